The molecule has 0 fully saturated rings. The number of thioether (sulfide) groups is 1. The third-order valence-corrected chi connectivity index (χ3v) is 6.73. The standard InChI is InChI=1S/C21H18ClFN4OS2/c1-13-5-3-4-6-16(13)20-24-15(11-29-20)12-30-21-26-25-19(27(21)2)10-28-18-8-7-14(23)9-17(18)22/h3-9,11H,10,12H2,1-2H3. The predicted octanol–water partition coefficient (Wildman–Crippen LogP) is 5.91. The summed E-state index contributed by atoms with van der Waals surface area (Å²) in [6.45, 7) is 2.27. The molecule has 2 aromatic heterocycles. The highest BCUT2D eigenvalue weighted by atomic mass is 35.5. The van der Waals surface area contributed by atoms with Crippen LogP contribution < -0.4 is 4.74 Å². The fourth-order valence-electron chi connectivity index (χ4n) is 2.78. The van der Waals surface area contributed by atoms with Gasteiger partial charge in [-0.15, -0.1) is 21.5 Å². The van der Waals surface area contributed by atoms with Crippen molar-refractivity contribution < 1.29 is 9.13 Å². The van der Waals surface area contributed by atoms with Crippen molar-refractivity contribution in [1.82, 2.24) is 19.7 Å². The van der Waals surface area contributed by atoms with Gasteiger partial charge in [0.1, 0.15) is 23.2 Å². The number of aromatic nitrogens is 4. The molecule has 0 N–H and O–H groups in total. The lowest BCUT2D eigenvalue weighted by atomic mass is 10.1. The Kier molecular flexibility index (Phi) is 6.36. The Bertz CT molecular complexity index is 1180. The zero-order chi connectivity index (χ0) is 21.1. The highest BCUT2D eigenvalue weighted by molar-refractivity contribution is 7.98. The summed E-state index contributed by atoms with van der Waals surface area (Å²) in [5.41, 5.74) is 3.38. The van der Waals surface area contributed by atoms with Gasteiger partial charge in [0.2, 0.25) is 0 Å². The Hall–Kier alpha value is -2.42. The highest BCUT2D eigenvalue weighted by Gasteiger charge is 2.13. The number of rotatable bonds is 7. The third kappa shape index (κ3) is 4.66. The van der Waals surface area contributed by atoms with Crippen molar-refractivity contribution in [2.75, 3.05) is 0 Å². The van der Waals surface area contributed by atoms with E-state index >= 15 is 0 Å². The second-order valence-corrected chi connectivity index (χ2v) is 8.78. The average molecular weight is 461 g/mol. The largest absolute Gasteiger partial charge is 0.484 e. The van der Waals surface area contributed by atoms with Gasteiger partial charge in [-0.25, -0.2) is 9.37 Å². The van der Waals surface area contributed by atoms with Crippen LogP contribution in [0.5, 0.6) is 5.75 Å². The molecule has 0 aliphatic rings. The van der Waals surface area contributed by atoms with Crippen molar-refractivity contribution in [1.29, 1.82) is 0 Å². The Morgan fingerprint density at radius 1 is 1.20 bits per heavy atom. The molecular formula is C21H18ClFN4OS2. The van der Waals surface area contributed by atoms with Crippen LogP contribution in [0.3, 0.4) is 0 Å². The summed E-state index contributed by atoms with van der Waals surface area (Å²) in [6.07, 6.45) is 0. The van der Waals surface area contributed by atoms with Gasteiger partial charge in [-0.05, 0) is 30.7 Å². The molecule has 0 aliphatic carbocycles. The molecule has 4 rings (SSSR count). The maximum Gasteiger partial charge on any atom is 0.191 e. The SMILES string of the molecule is Cc1ccccc1-c1nc(CSc2nnc(COc3ccc(F)cc3Cl)n2C)cs1. The second-order valence-electron chi connectivity index (χ2n) is 6.57. The summed E-state index contributed by atoms with van der Waals surface area (Å²) in [7, 11) is 1.88. The molecule has 0 saturated carbocycles. The molecule has 0 aliphatic heterocycles. The van der Waals surface area contributed by atoms with Crippen LogP contribution in [0.4, 0.5) is 4.39 Å². The summed E-state index contributed by atoms with van der Waals surface area (Å²) < 4.78 is 20.7. The highest BCUT2D eigenvalue weighted by Crippen LogP contribution is 2.30. The minimum atomic E-state index is -0.405. The van der Waals surface area contributed by atoms with Crippen molar-refractivity contribution in [3.05, 3.63) is 75.8 Å². The molecule has 0 saturated heterocycles. The van der Waals surface area contributed by atoms with Crippen LogP contribution in [0.15, 0.2) is 53.0 Å². The molecule has 154 valence electrons. The van der Waals surface area contributed by atoms with Crippen LogP contribution in [0.25, 0.3) is 10.6 Å². The molecule has 0 unspecified atom stereocenters. The summed E-state index contributed by atoms with van der Waals surface area (Å²) in [4.78, 5) is 4.76. The molecule has 0 bridgehead atoms. The molecule has 0 spiro atoms. The lowest BCUT2D eigenvalue weighted by Crippen LogP contribution is -2.04. The van der Waals surface area contributed by atoms with Crippen LogP contribution in [0, 0.1) is 12.7 Å². The summed E-state index contributed by atoms with van der Waals surface area (Å²) in [5.74, 6) is 1.34. The Morgan fingerprint density at radius 3 is 2.83 bits per heavy atom. The first-order valence-corrected chi connectivity index (χ1v) is 11.3. The lowest BCUT2D eigenvalue weighted by Gasteiger charge is -2.08. The number of hydrogen-bond donors (Lipinski definition) is 0. The Morgan fingerprint density at radius 2 is 2.03 bits per heavy atom. The molecule has 2 heterocycles. The van der Waals surface area contributed by atoms with Crippen LogP contribution in [0.2, 0.25) is 5.02 Å². The van der Waals surface area contributed by atoms with E-state index in [9.17, 15) is 4.39 Å². The minimum Gasteiger partial charge on any atom is -0.484 e. The topological polar surface area (TPSA) is 52.8 Å². The van der Waals surface area contributed by atoms with Crippen LogP contribution in [-0.4, -0.2) is 19.7 Å². The summed E-state index contributed by atoms with van der Waals surface area (Å²) >= 11 is 9.20. The normalized spacial score (nSPS) is 11.1. The number of ether oxygens (including phenoxy) is 1. The zero-order valence-electron chi connectivity index (χ0n) is 16.3. The van der Waals surface area contributed by atoms with Gasteiger partial charge in [-0.2, -0.15) is 0 Å². The fraction of sp³-hybridized carbons (Fsp3) is 0.190. The lowest BCUT2D eigenvalue weighted by molar-refractivity contribution is 0.290. The van der Waals surface area contributed by atoms with Gasteiger partial charge in [-0.1, -0.05) is 47.6 Å². The van der Waals surface area contributed by atoms with E-state index in [1.165, 1.54) is 23.8 Å². The van der Waals surface area contributed by atoms with Crippen LogP contribution >= 0.6 is 34.7 Å². The summed E-state index contributed by atoms with van der Waals surface area (Å²) in [6, 6.07) is 12.3. The van der Waals surface area contributed by atoms with Gasteiger partial charge in [0.15, 0.2) is 11.0 Å². The van der Waals surface area contributed by atoms with Crippen molar-refractivity contribution in [3.8, 4) is 16.3 Å². The Labute approximate surface area is 186 Å². The molecule has 30 heavy (non-hydrogen) atoms. The minimum absolute atomic E-state index is 0.184. The fourth-order valence-corrected chi connectivity index (χ4v) is 4.84. The van der Waals surface area contributed by atoms with Crippen LogP contribution in [-0.2, 0) is 19.4 Å². The van der Waals surface area contributed by atoms with Gasteiger partial charge in [0, 0.05) is 23.7 Å². The molecule has 5 nitrogen and oxygen atoms in total. The smallest absolute Gasteiger partial charge is 0.191 e. The van der Waals surface area contributed by atoms with E-state index in [2.05, 4.69) is 34.6 Å². The van der Waals surface area contributed by atoms with E-state index in [-0.39, 0.29) is 11.6 Å². The molecule has 2 aromatic carbocycles. The first-order valence-electron chi connectivity index (χ1n) is 9.10. The second kappa shape index (κ2) is 9.16. The van der Waals surface area contributed by atoms with Crippen molar-refractivity contribution in [2.45, 2.75) is 24.4 Å². The van der Waals surface area contributed by atoms with E-state index in [0.717, 1.165) is 21.4 Å². The quantitative estimate of drug-likeness (QED) is 0.321. The van der Waals surface area contributed by atoms with E-state index < -0.39 is 5.82 Å². The van der Waals surface area contributed by atoms with E-state index in [0.29, 0.717) is 17.3 Å². The first-order chi connectivity index (χ1) is 14.5. The van der Waals surface area contributed by atoms with E-state index in [1.807, 2.05) is 23.7 Å². The molecule has 4 aromatic rings. The number of aryl methyl sites for hydroxylation is 1. The van der Waals surface area contributed by atoms with Crippen LogP contribution in [0.1, 0.15) is 17.1 Å². The van der Waals surface area contributed by atoms with Crippen molar-refractivity contribution >= 4 is 34.7 Å². The van der Waals surface area contributed by atoms with Gasteiger partial charge in [0.05, 0.1) is 10.7 Å². The molecular weight excluding hydrogens is 443 g/mol. The molecule has 9 heteroatoms. The zero-order valence-corrected chi connectivity index (χ0v) is 18.7. The van der Waals surface area contributed by atoms with Crippen molar-refractivity contribution in [3.63, 3.8) is 0 Å². The number of nitrogens with zero attached hydrogens (tertiary/aromatic N) is 4. The average Bonchev–Trinajstić information content (AvgIpc) is 3.33. The van der Waals surface area contributed by atoms with Gasteiger partial charge in [-0.3, -0.25) is 0 Å². The number of thiazole rings is 1. The van der Waals surface area contributed by atoms with Gasteiger partial charge < -0.3 is 9.30 Å². The number of halogens is 2. The third-order valence-electron chi connectivity index (χ3n) is 4.45. The van der Waals surface area contributed by atoms with E-state index in [1.54, 1.807) is 23.1 Å². The van der Waals surface area contributed by atoms with Gasteiger partial charge in [0.25, 0.3) is 0 Å². The number of hydrogen-bond acceptors (Lipinski definition) is 6. The maximum absolute atomic E-state index is 13.1. The maximum atomic E-state index is 13.1. The molecule has 0 atom stereocenters. The van der Waals surface area contributed by atoms with Gasteiger partial charge >= 0.3 is 0 Å². The first kappa shape index (κ1) is 20.8. The predicted molar refractivity (Wildman–Crippen MR) is 119 cm³/mol. The molecule has 0 radical (unpaired) electrons. The van der Waals surface area contributed by atoms with E-state index in [4.69, 9.17) is 21.3 Å². The molecule has 0 amide bonds. The number of benzene rings is 2. The van der Waals surface area contributed by atoms with Crippen molar-refractivity contribution in [2.24, 2.45) is 7.05 Å². The monoisotopic (exact) mass is 460 g/mol. The Balaban J connectivity index is 1.38. The summed E-state index contributed by atoms with van der Waals surface area (Å²) in [5, 5.41) is 12.5.